The molecule has 0 saturated heterocycles. The van der Waals surface area contributed by atoms with E-state index in [2.05, 4.69) is 34.6 Å². The number of hydrogen-bond donors (Lipinski definition) is 3. The number of nitrogens with zero attached hydrogens (tertiary/aromatic N) is 3. The van der Waals surface area contributed by atoms with Crippen LogP contribution in [0.5, 0.6) is 0 Å². The minimum Gasteiger partial charge on any atom is -0.394 e. The molecule has 32 heavy (non-hydrogen) atoms. The van der Waals surface area contributed by atoms with E-state index in [1.807, 2.05) is 13.8 Å². The van der Waals surface area contributed by atoms with Gasteiger partial charge in [0.1, 0.15) is 18.0 Å². The van der Waals surface area contributed by atoms with Gasteiger partial charge in [0.15, 0.2) is 17.2 Å². The van der Waals surface area contributed by atoms with Gasteiger partial charge in [-0.25, -0.2) is 24.2 Å². The fourth-order valence-electron chi connectivity index (χ4n) is 2.27. The number of aryl methyl sites for hydroxylation is 1. The first-order valence-corrected chi connectivity index (χ1v) is 10.5. The molecule has 0 unspecified atom stereocenters. The van der Waals surface area contributed by atoms with Gasteiger partial charge in [0.05, 0.1) is 25.1 Å². The summed E-state index contributed by atoms with van der Waals surface area (Å²) in [6.45, 7) is 9.66. The van der Waals surface area contributed by atoms with E-state index in [1.54, 1.807) is 13.0 Å². The summed E-state index contributed by atoms with van der Waals surface area (Å²) < 4.78 is 29.3. The van der Waals surface area contributed by atoms with Gasteiger partial charge < -0.3 is 10.4 Å². The number of amides is 1. The first kappa shape index (κ1) is 26.9. The van der Waals surface area contributed by atoms with E-state index in [4.69, 9.17) is 9.94 Å². The highest BCUT2D eigenvalue weighted by Crippen LogP contribution is 2.25. The Morgan fingerprint density at radius 3 is 2.47 bits per heavy atom. The maximum atomic E-state index is 14.2. The second-order valence-electron chi connectivity index (χ2n) is 6.36. The van der Waals surface area contributed by atoms with Crippen LogP contribution in [0.1, 0.15) is 56.6 Å². The molecule has 0 fully saturated rings. The maximum absolute atomic E-state index is 14.2. The van der Waals surface area contributed by atoms with E-state index in [0.717, 1.165) is 6.20 Å². The second-order valence-corrected chi connectivity index (χ2v) is 6.36. The number of rotatable bonds is 7. The molecule has 1 aromatic carbocycles. The summed E-state index contributed by atoms with van der Waals surface area (Å²) in [5, 5.41) is 11.4. The van der Waals surface area contributed by atoms with E-state index in [0.29, 0.717) is 5.56 Å². The third-order valence-corrected chi connectivity index (χ3v) is 3.95. The lowest BCUT2D eigenvalue weighted by Gasteiger charge is -2.10. The molecule has 0 bridgehead atoms. The molecule has 10 heteroatoms. The number of aliphatic hydroxyl groups is 1. The van der Waals surface area contributed by atoms with Crippen LogP contribution in [0.25, 0.3) is 5.65 Å². The molecule has 2 heterocycles. The van der Waals surface area contributed by atoms with E-state index in [9.17, 15) is 13.6 Å². The van der Waals surface area contributed by atoms with Crippen LogP contribution in [-0.4, -0.2) is 38.6 Å². The Morgan fingerprint density at radius 2 is 1.88 bits per heavy atom. The van der Waals surface area contributed by atoms with Gasteiger partial charge in [0, 0.05) is 0 Å². The number of anilines is 2. The summed E-state index contributed by atoms with van der Waals surface area (Å²) in [6, 6.07) is 4.48. The number of hydrogen-bond acceptors (Lipinski definition) is 6. The molecule has 176 valence electrons. The third kappa shape index (κ3) is 7.24. The topological polar surface area (TPSA) is 101 Å². The standard InChI is InChI=1S/C16H15F2N5O3.C4H10.C2H6/c1-9-2-3-12(10(17)6-9)20-15-13(16(25)22-26-5-4-24)21-14-11(18)7-19-8-23(14)15;1-3-4-2;1-2/h2-3,6-8,20,24H,4-5H2,1H3,(H,22,25);3-4H2,1-2H3;1-2H3. The van der Waals surface area contributed by atoms with Gasteiger partial charge in [-0.2, -0.15) is 0 Å². The Morgan fingerprint density at radius 1 is 1.19 bits per heavy atom. The Balaban J connectivity index is 0.000000769. The number of fused-ring (bicyclic) bond motifs is 1. The van der Waals surface area contributed by atoms with Crippen molar-refractivity contribution in [3.05, 3.63) is 53.6 Å². The quantitative estimate of drug-likeness (QED) is 0.360. The third-order valence-electron chi connectivity index (χ3n) is 3.95. The molecular weight excluding hydrogens is 420 g/mol. The van der Waals surface area contributed by atoms with Gasteiger partial charge in [0.2, 0.25) is 0 Å². The van der Waals surface area contributed by atoms with E-state index >= 15 is 0 Å². The molecule has 8 nitrogen and oxygen atoms in total. The number of benzene rings is 1. The van der Waals surface area contributed by atoms with Crippen LogP contribution < -0.4 is 10.8 Å². The molecule has 0 saturated carbocycles. The number of nitrogens with one attached hydrogen (secondary N) is 2. The normalized spacial score (nSPS) is 10.0. The highest BCUT2D eigenvalue weighted by molar-refractivity contribution is 5.98. The summed E-state index contributed by atoms with van der Waals surface area (Å²) >= 11 is 0. The second kappa shape index (κ2) is 14.0. The van der Waals surface area contributed by atoms with Gasteiger partial charge in [-0.1, -0.05) is 46.6 Å². The number of carbonyl (C=O) groups excluding carboxylic acids is 1. The summed E-state index contributed by atoms with van der Waals surface area (Å²) in [5.74, 6) is -2.08. The minimum atomic E-state index is -0.795. The van der Waals surface area contributed by atoms with Crippen LogP contribution in [0.3, 0.4) is 0 Å². The number of imidazole rings is 1. The number of hydroxylamine groups is 1. The highest BCUT2D eigenvalue weighted by Gasteiger charge is 2.22. The van der Waals surface area contributed by atoms with Gasteiger partial charge in [-0.05, 0) is 24.6 Å². The molecule has 0 atom stereocenters. The van der Waals surface area contributed by atoms with Crippen molar-refractivity contribution in [2.45, 2.75) is 47.5 Å². The molecule has 0 radical (unpaired) electrons. The lowest BCUT2D eigenvalue weighted by atomic mass is 10.2. The van der Waals surface area contributed by atoms with Crippen LogP contribution in [0.2, 0.25) is 0 Å². The zero-order valence-electron chi connectivity index (χ0n) is 19.1. The molecular formula is C22H31F2N5O3. The Hall–Kier alpha value is -3.11. The molecule has 3 rings (SSSR count). The number of unbranched alkanes of at least 4 members (excludes halogenated alkanes) is 1. The fourth-order valence-corrected chi connectivity index (χ4v) is 2.27. The average molecular weight is 452 g/mol. The largest absolute Gasteiger partial charge is 0.394 e. The zero-order chi connectivity index (χ0) is 24.1. The summed E-state index contributed by atoms with van der Waals surface area (Å²) in [6.07, 6.45) is 4.83. The van der Waals surface area contributed by atoms with Crippen molar-refractivity contribution in [3.63, 3.8) is 0 Å². The van der Waals surface area contributed by atoms with Gasteiger partial charge in [-0.15, -0.1) is 0 Å². The van der Waals surface area contributed by atoms with Gasteiger partial charge in [0.25, 0.3) is 5.91 Å². The molecule has 0 aliphatic rings. The van der Waals surface area contributed by atoms with Crippen molar-refractivity contribution in [2.75, 3.05) is 18.5 Å². The summed E-state index contributed by atoms with van der Waals surface area (Å²) in [7, 11) is 0. The lowest BCUT2D eigenvalue weighted by molar-refractivity contribution is 0.0166. The van der Waals surface area contributed by atoms with E-state index in [1.165, 1.54) is 35.7 Å². The molecule has 2 aromatic heterocycles. The number of halogens is 2. The Labute approximate surface area is 186 Å². The predicted octanol–water partition coefficient (Wildman–Crippen LogP) is 4.55. The smallest absolute Gasteiger partial charge is 0.297 e. The van der Waals surface area contributed by atoms with Crippen molar-refractivity contribution in [1.82, 2.24) is 19.8 Å². The van der Waals surface area contributed by atoms with Crippen LogP contribution in [0.4, 0.5) is 20.3 Å². The van der Waals surface area contributed by atoms with Crippen LogP contribution in [0.15, 0.2) is 30.7 Å². The predicted molar refractivity (Wildman–Crippen MR) is 120 cm³/mol. The molecule has 3 N–H and O–H groups in total. The van der Waals surface area contributed by atoms with Crippen LogP contribution in [0, 0.1) is 18.6 Å². The van der Waals surface area contributed by atoms with E-state index in [-0.39, 0.29) is 36.1 Å². The Kier molecular flexibility index (Phi) is 11.8. The summed E-state index contributed by atoms with van der Waals surface area (Å²) in [4.78, 5) is 24.7. The van der Waals surface area contributed by atoms with Crippen LogP contribution in [-0.2, 0) is 4.84 Å². The molecule has 1 amide bonds. The molecule has 0 spiro atoms. The van der Waals surface area contributed by atoms with Crippen molar-refractivity contribution < 1.29 is 23.5 Å². The van der Waals surface area contributed by atoms with E-state index < -0.39 is 17.5 Å². The highest BCUT2D eigenvalue weighted by atomic mass is 19.1. The van der Waals surface area contributed by atoms with Gasteiger partial charge >= 0.3 is 0 Å². The van der Waals surface area contributed by atoms with Crippen molar-refractivity contribution in [2.24, 2.45) is 0 Å². The molecule has 3 aromatic rings. The van der Waals surface area contributed by atoms with Gasteiger partial charge in [-0.3, -0.25) is 14.0 Å². The van der Waals surface area contributed by atoms with Crippen molar-refractivity contribution in [1.29, 1.82) is 0 Å². The average Bonchev–Trinajstić information content (AvgIpc) is 3.17. The summed E-state index contributed by atoms with van der Waals surface area (Å²) in [5.41, 5.74) is 2.48. The monoisotopic (exact) mass is 451 g/mol. The maximum Gasteiger partial charge on any atom is 0.297 e. The van der Waals surface area contributed by atoms with Crippen LogP contribution >= 0.6 is 0 Å². The Bertz CT molecular complexity index is 993. The van der Waals surface area contributed by atoms with Crippen molar-refractivity contribution in [3.8, 4) is 0 Å². The minimum absolute atomic E-state index is 0.0138. The first-order valence-electron chi connectivity index (χ1n) is 10.5. The number of aromatic nitrogens is 3. The molecule has 0 aliphatic heterocycles. The fraction of sp³-hybridized carbons (Fsp3) is 0.409. The SMILES string of the molecule is CC.CCCC.Cc1ccc(Nc2c(C(=O)NOCCO)nc3c(F)cncn23)c(F)c1. The zero-order valence-corrected chi connectivity index (χ0v) is 19.1. The molecule has 0 aliphatic carbocycles. The number of carbonyl (C=O) groups is 1. The van der Waals surface area contributed by atoms with Crippen molar-refractivity contribution >= 4 is 23.1 Å². The first-order chi connectivity index (χ1) is 15.4. The lowest BCUT2D eigenvalue weighted by Crippen LogP contribution is -2.26. The number of aliphatic hydroxyl groups excluding tert-OH is 1.